The molecule has 0 fully saturated rings. The van der Waals surface area contributed by atoms with Gasteiger partial charge in [-0.3, -0.25) is 4.72 Å². The Labute approximate surface area is 155 Å². The lowest BCUT2D eigenvalue weighted by molar-refractivity contribution is -0.138. The molecule has 0 saturated carbocycles. The van der Waals surface area contributed by atoms with Gasteiger partial charge in [0.15, 0.2) is 0 Å². The minimum Gasteiger partial charge on any atom is -0.392 e. The molecule has 142 valence electrons. The fourth-order valence-corrected chi connectivity index (χ4v) is 3.96. The molecule has 0 unspecified atom stereocenters. The Morgan fingerprint density at radius 2 is 1.96 bits per heavy atom. The molecule has 1 aromatic heterocycles. The molecule has 0 bridgehead atoms. The van der Waals surface area contributed by atoms with Crippen LogP contribution in [0.5, 0.6) is 0 Å². The van der Waals surface area contributed by atoms with Gasteiger partial charge in [0.05, 0.1) is 12.2 Å². The molecule has 0 amide bonds. The smallest absolute Gasteiger partial charge is 0.392 e. The second-order valence-corrected chi connectivity index (χ2v) is 8.43. The number of nitrogens with zero attached hydrogens (tertiary/aromatic N) is 1. The third-order valence-corrected chi connectivity index (χ3v) is 5.42. The molecule has 1 atom stereocenters. The van der Waals surface area contributed by atoms with Crippen LogP contribution in [0.25, 0.3) is 0 Å². The number of hydrogen-bond acceptors (Lipinski definition) is 3. The van der Waals surface area contributed by atoms with Gasteiger partial charge in [-0.1, -0.05) is 44.0 Å². The summed E-state index contributed by atoms with van der Waals surface area (Å²) in [6.07, 6.45) is -0.0910. The normalized spacial score (nSPS) is 17.1. The van der Waals surface area contributed by atoms with Crippen LogP contribution in [0.1, 0.15) is 41.7 Å². The van der Waals surface area contributed by atoms with E-state index in [1.54, 1.807) is 11.9 Å². The van der Waals surface area contributed by atoms with E-state index in [-0.39, 0.29) is 5.56 Å². The molecule has 0 radical (unpaired) electrons. The van der Waals surface area contributed by atoms with Crippen molar-refractivity contribution < 1.29 is 18.3 Å². The number of rotatable bonds is 6. The van der Waals surface area contributed by atoms with E-state index in [0.29, 0.717) is 17.8 Å². The highest BCUT2D eigenvalue weighted by molar-refractivity contribution is 7.98. The molecule has 2 N–H and O–H groups in total. The lowest BCUT2D eigenvalue weighted by Crippen LogP contribution is -2.24. The van der Waals surface area contributed by atoms with Crippen LogP contribution in [0.4, 0.5) is 13.2 Å². The topological polar surface area (TPSA) is 37.2 Å². The molecule has 0 saturated heterocycles. The van der Waals surface area contributed by atoms with Crippen molar-refractivity contribution in [2.75, 3.05) is 0 Å². The number of fused-ring (bicyclic) bond motifs is 1. The van der Waals surface area contributed by atoms with Gasteiger partial charge in [-0.2, -0.15) is 13.2 Å². The number of nitrogens with one attached hydrogen (secondary N) is 1. The van der Waals surface area contributed by atoms with Gasteiger partial charge in [0, 0.05) is 35.8 Å². The zero-order valence-corrected chi connectivity index (χ0v) is 15.6. The first kappa shape index (κ1) is 19.3. The van der Waals surface area contributed by atoms with E-state index in [2.05, 4.69) is 30.7 Å². The summed E-state index contributed by atoms with van der Waals surface area (Å²) in [5, 5.41) is 9.70. The summed E-state index contributed by atoms with van der Waals surface area (Å²) < 4.78 is 44.0. The summed E-state index contributed by atoms with van der Waals surface area (Å²) >= 11 is 1.73. The number of aliphatic hydroxyl groups is 1. The molecule has 26 heavy (non-hydrogen) atoms. The largest absolute Gasteiger partial charge is 0.418 e. The van der Waals surface area contributed by atoms with Crippen molar-refractivity contribution in [3.05, 3.63) is 58.4 Å². The monoisotopic (exact) mass is 384 g/mol. The van der Waals surface area contributed by atoms with E-state index in [1.165, 1.54) is 21.9 Å². The van der Waals surface area contributed by atoms with Crippen molar-refractivity contribution >= 4 is 11.9 Å². The zero-order chi connectivity index (χ0) is 18.9. The minimum atomic E-state index is -4.45. The average Bonchev–Trinajstić information content (AvgIpc) is 3.15. The van der Waals surface area contributed by atoms with Crippen molar-refractivity contribution in [1.29, 1.82) is 0 Å². The molecule has 0 aliphatic heterocycles. The van der Waals surface area contributed by atoms with E-state index in [9.17, 15) is 18.3 Å². The van der Waals surface area contributed by atoms with Crippen LogP contribution in [0.2, 0.25) is 0 Å². The van der Waals surface area contributed by atoms with Crippen LogP contribution in [0.15, 0.2) is 30.6 Å². The summed E-state index contributed by atoms with van der Waals surface area (Å²) in [7, 11) is 0. The molecule has 1 aliphatic rings. The van der Waals surface area contributed by atoms with Crippen LogP contribution in [0.3, 0.4) is 0 Å². The predicted octanol–water partition coefficient (Wildman–Crippen LogP) is 4.16. The second-order valence-electron chi connectivity index (χ2n) is 7.02. The average molecular weight is 384 g/mol. The predicted molar refractivity (Wildman–Crippen MR) is 98.0 cm³/mol. The van der Waals surface area contributed by atoms with Crippen molar-refractivity contribution in [1.82, 2.24) is 9.29 Å². The van der Waals surface area contributed by atoms with Gasteiger partial charge in [0.2, 0.25) is 0 Å². The highest BCUT2D eigenvalue weighted by atomic mass is 32.2. The minimum absolute atomic E-state index is 0.0892. The zero-order valence-electron chi connectivity index (χ0n) is 14.8. The van der Waals surface area contributed by atoms with Crippen LogP contribution in [0, 0.1) is 0 Å². The maximum Gasteiger partial charge on any atom is 0.418 e. The first-order valence-corrected chi connectivity index (χ1v) is 9.52. The van der Waals surface area contributed by atoms with Crippen LogP contribution < -0.4 is 4.72 Å². The molecule has 7 heteroatoms. The molecule has 1 aliphatic carbocycles. The molecular weight excluding hydrogens is 361 g/mol. The van der Waals surface area contributed by atoms with E-state index < -0.39 is 18.3 Å². The standard InChI is InChI=1S/C19H23F3N2OS/c1-12(2)26-23-17-6-14-4-3-13(5-15(14)7-17)8-24-9-16(11-25)18(10-24)19(20,21)22/h3-5,9-10,12,17,23,25H,6-8,11H2,1-2H3/t17-/m0/s1. The highest BCUT2D eigenvalue weighted by Crippen LogP contribution is 2.33. The van der Waals surface area contributed by atoms with Gasteiger partial charge in [0.1, 0.15) is 0 Å². The van der Waals surface area contributed by atoms with Crippen molar-refractivity contribution in [2.45, 2.75) is 57.3 Å². The SMILES string of the molecule is CC(C)SN[C@H]1Cc2ccc(Cn3cc(CO)c(C(F)(F)F)c3)cc2C1. The summed E-state index contributed by atoms with van der Waals surface area (Å²) in [6, 6.07) is 6.54. The van der Waals surface area contributed by atoms with E-state index in [1.807, 2.05) is 6.07 Å². The van der Waals surface area contributed by atoms with Crippen LogP contribution >= 0.6 is 11.9 Å². The Hall–Kier alpha value is -1.44. The second kappa shape index (κ2) is 7.66. The van der Waals surface area contributed by atoms with Crippen molar-refractivity contribution in [2.24, 2.45) is 0 Å². The van der Waals surface area contributed by atoms with E-state index >= 15 is 0 Å². The Kier molecular flexibility index (Phi) is 5.69. The van der Waals surface area contributed by atoms with Gasteiger partial charge in [-0.25, -0.2) is 0 Å². The maximum absolute atomic E-state index is 13.0. The number of aromatic nitrogens is 1. The molecule has 3 nitrogen and oxygen atoms in total. The van der Waals surface area contributed by atoms with Gasteiger partial charge in [-0.15, -0.1) is 0 Å². The summed E-state index contributed by atoms with van der Waals surface area (Å²) in [6.45, 7) is 4.03. The van der Waals surface area contributed by atoms with Gasteiger partial charge in [0.25, 0.3) is 0 Å². The molecule has 0 spiro atoms. The lowest BCUT2D eigenvalue weighted by atomic mass is 10.1. The Bertz CT molecular complexity index is 771. The third kappa shape index (κ3) is 4.45. The number of halogens is 3. The molecule has 3 rings (SSSR count). The first-order chi connectivity index (χ1) is 12.3. The number of hydrogen-bond donors (Lipinski definition) is 2. The van der Waals surface area contributed by atoms with Gasteiger partial charge >= 0.3 is 6.18 Å². The summed E-state index contributed by atoms with van der Waals surface area (Å²) in [5.41, 5.74) is 2.67. The quantitative estimate of drug-likeness (QED) is 0.735. The first-order valence-electron chi connectivity index (χ1n) is 8.65. The van der Waals surface area contributed by atoms with Gasteiger partial charge < -0.3 is 9.67 Å². The molecule has 1 aromatic carbocycles. The Morgan fingerprint density at radius 1 is 1.23 bits per heavy atom. The van der Waals surface area contributed by atoms with E-state index in [0.717, 1.165) is 24.6 Å². The third-order valence-electron chi connectivity index (χ3n) is 4.48. The fourth-order valence-electron chi connectivity index (χ4n) is 3.32. The maximum atomic E-state index is 13.0. The van der Waals surface area contributed by atoms with Crippen LogP contribution in [-0.4, -0.2) is 21.0 Å². The fraction of sp³-hybridized carbons (Fsp3) is 0.474. The number of alkyl halides is 3. The molecule has 2 aromatic rings. The lowest BCUT2D eigenvalue weighted by Gasteiger charge is -2.12. The highest BCUT2D eigenvalue weighted by Gasteiger charge is 2.34. The summed E-state index contributed by atoms with van der Waals surface area (Å²) in [4.78, 5) is 0. The molecular formula is C19H23F3N2OS. The summed E-state index contributed by atoms with van der Waals surface area (Å²) in [5.74, 6) is 0. The number of aliphatic hydroxyl groups excluding tert-OH is 1. The van der Waals surface area contributed by atoms with Crippen molar-refractivity contribution in [3.8, 4) is 0 Å². The van der Waals surface area contributed by atoms with Crippen molar-refractivity contribution in [3.63, 3.8) is 0 Å². The number of benzene rings is 1. The van der Waals surface area contributed by atoms with E-state index in [4.69, 9.17) is 0 Å². The van der Waals surface area contributed by atoms with Crippen LogP contribution in [-0.2, 0) is 32.2 Å². The molecule has 1 heterocycles. The Balaban J connectivity index is 1.72. The van der Waals surface area contributed by atoms with Gasteiger partial charge in [-0.05, 0) is 29.5 Å². The Morgan fingerprint density at radius 3 is 2.58 bits per heavy atom.